The molecule has 1 aliphatic carbocycles. The summed E-state index contributed by atoms with van der Waals surface area (Å²) in [5.41, 5.74) is 1.06. The van der Waals surface area contributed by atoms with Gasteiger partial charge in [0.1, 0.15) is 0 Å². The Labute approximate surface area is 125 Å². The number of hydrogen-bond donors (Lipinski definition) is 3. The molecule has 0 radical (unpaired) electrons. The predicted molar refractivity (Wildman–Crippen MR) is 81.7 cm³/mol. The largest absolute Gasteiger partial charge is 0.352 e. The Kier molecular flexibility index (Phi) is 5.60. The second-order valence-corrected chi connectivity index (χ2v) is 5.51. The lowest BCUT2D eigenvalue weighted by atomic mass is 9.90. The van der Waals surface area contributed by atoms with Gasteiger partial charge in [0.2, 0.25) is 5.91 Å². The molecule has 2 unspecified atom stereocenters. The maximum atomic E-state index is 12.0. The van der Waals surface area contributed by atoms with E-state index in [0.29, 0.717) is 6.54 Å². The van der Waals surface area contributed by atoms with Crippen LogP contribution in [0.1, 0.15) is 38.2 Å². The van der Waals surface area contributed by atoms with Gasteiger partial charge in [-0.3, -0.25) is 4.79 Å². The van der Waals surface area contributed by atoms with Crippen LogP contribution in [0.2, 0.25) is 0 Å². The Balaban J connectivity index is 1.81. The Morgan fingerprint density at radius 2 is 1.67 bits per heavy atom. The van der Waals surface area contributed by atoms with Crippen LogP contribution in [0.3, 0.4) is 0 Å². The minimum absolute atomic E-state index is 0.0124. The molecule has 0 bridgehead atoms. The van der Waals surface area contributed by atoms with Crippen molar-refractivity contribution in [3.05, 3.63) is 35.9 Å². The van der Waals surface area contributed by atoms with E-state index in [-0.39, 0.29) is 24.0 Å². The highest BCUT2D eigenvalue weighted by atomic mass is 16.2. The molecule has 114 valence electrons. The lowest BCUT2D eigenvalue weighted by Gasteiger charge is -2.32. The van der Waals surface area contributed by atoms with Crippen LogP contribution in [-0.4, -0.2) is 24.0 Å². The zero-order chi connectivity index (χ0) is 15.1. The average Bonchev–Trinajstić information content (AvgIpc) is 2.48. The van der Waals surface area contributed by atoms with Crippen molar-refractivity contribution in [2.24, 2.45) is 0 Å². The number of carbonyl (C=O) groups is 2. The molecule has 0 heterocycles. The highest BCUT2D eigenvalue weighted by Gasteiger charge is 2.26. The van der Waals surface area contributed by atoms with E-state index < -0.39 is 0 Å². The van der Waals surface area contributed by atoms with Gasteiger partial charge in [-0.2, -0.15) is 0 Å². The van der Waals surface area contributed by atoms with Crippen LogP contribution in [0.25, 0.3) is 0 Å². The summed E-state index contributed by atoms with van der Waals surface area (Å²) in [6, 6.07) is 9.66. The molecule has 5 heteroatoms. The van der Waals surface area contributed by atoms with Crippen molar-refractivity contribution in [3.63, 3.8) is 0 Å². The lowest BCUT2D eigenvalue weighted by Crippen LogP contribution is -2.54. The minimum Gasteiger partial charge on any atom is -0.352 e. The van der Waals surface area contributed by atoms with Crippen molar-refractivity contribution in [3.8, 4) is 0 Å². The maximum Gasteiger partial charge on any atom is 0.315 e. The second kappa shape index (κ2) is 7.67. The van der Waals surface area contributed by atoms with Gasteiger partial charge in [-0.1, -0.05) is 43.2 Å². The van der Waals surface area contributed by atoms with Crippen molar-refractivity contribution in [2.45, 2.75) is 51.2 Å². The van der Waals surface area contributed by atoms with Gasteiger partial charge in [-0.05, 0) is 18.4 Å². The molecule has 1 aromatic carbocycles. The fourth-order valence-corrected chi connectivity index (χ4v) is 2.74. The molecule has 21 heavy (non-hydrogen) atoms. The third-order valence-corrected chi connectivity index (χ3v) is 3.77. The molecule has 1 fully saturated rings. The smallest absolute Gasteiger partial charge is 0.315 e. The van der Waals surface area contributed by atoms with Crippen LogP contribution in [0.5, 0.6) is 0 Å². The monoisotopic (exact) mass is 289 g/mol. The first-order valence-electron chi connectivity index (χ1n) is 7.50. The first-order valence-corrected chi connectivity index (χ1v) is 7.50. The van der Waals surface area contributed by atoms with Gasteiger partial charge in [0, 0.05) is 19.5 Å². The van der Waals surface area contributed by atoms with Crippen molar-refractivity contribution in [1.82, 2.24) is 16.0 Å². The Bertz CT molecular complexity index is 476. The summed E-state index contributed by atoms with van der Waals surface area (Å²) < 4.78 is 0. The van der Waals surface area contributed by atoms with E-state index in [1.54, 1.807) is 0 Å². The SMILES string of the molecule is CC(=O)NC1CCCCC1NC(=O)NCc1ccccc1. The first kappa shape index (κ1) is 15.4. The normalized spacial score (nSPS) is 21.4. The molecule has 1 aliphatic rings. The molecule has 0 saturated heterocycles. The maximum absolute atomic E-state index is 12.0. The van der Waals surface area contributed by atoms with E-state index in [1.165, 1.54) is 6.92 Å². The van der Waals surface area contributed by atoms with Gasteiger partial charge in [0.25, 0.3) is 0 Å². The van der Waals surface area contributed by atoms with Crippen LogP contribution in [0.4, 0.5) is 4.79 Å². The zero-order valence-corrected chi connectivity index (χ0v) is 12.4. The van der Waals surface area contributed by atoms with Crippen LogP contribution >= 0.6 is 0 Å². The highest BCUT2D eigenvalue weighted by molar-refractivity contribution is 5.75. The molecule has 0 aromatic heterocycles. The number of amides is 3. The van der Waals surface area contributed by atoms with Crippen LogP contribution in [0.15, 0.2) is 30.3 Å². The van der Waals surface area contributed by atoms with Crippen LogP contribution in [-0.2, 0) is 11.3 Å². The highest BCUT2D eigenvalue weighted by Crippen LogP contribution is 2.18. The third kappa shape index (κ3) is 5.10. The number of carbonyl (C=O) groups excluding carboxylic acids is 2. The van der Waals surface area contributed by atoms with Gasteiger partial charge in [-0.15, -0.1) is 0 Å². The topological polar surface area (TPSA) is 70.2 Å². The third-order valence-electron chi connectivity index (χ3n) is 3.77. The van der Waals surface area contributed by atoms with E-state index in [4.69, 9.17) is 0 Å². The summed E-state index contributed by atoms with van der Waals surface area (Å²) in [5, 5.41) is 8.77. The summed E-state index contributed by atoms with van der Waals surface area (Å²) in [7, 11) is 0. The molecule has 1 aromatic rings. The van der Waals surface area contributed by atoms with Crippen molar-refractivity contribution in [1.29, 1.82) is 0 Å². The fourth-order valence-electron chi connectivity index (χ4n) is 2.74. The molecule has 2 rings (SSSR count). The molecule has 2 atom stereocenters. The number of rotatable bonds is 4. The number of hydrogen-bond acceptors (Lipinski definition) is 2. The van der Waals surface area contributed by atoms with Crippen LogP contribution < -0.4 is 16.0 Å². The lowest BCUT2D eigenvalue weighted by molar-refractivity contribution is -0.120. The zero-order valence-electron chi connectivity index (χ0n) is 12.4. The van der Waals surface area contributed by atoms with Crippen molar-refractivity contribution < 1.29 is 9.59 Å². The van der Waals surface area contributed by atoms with Crippen LogP contribution in [0, 0.1) is 0 Å². The van der Waals surface area contributed by atoms with Gasteiger partial charge < -0.3 is 16.0 Å². The van der Waals surface area contributed by atoms with E-state index in [1.807, 2.05) is 30.3 Å². The van der Waals surface area contributed by atoms with E-state index in [9.17, 15) is 9.59 Å². The Morgan fingerprint density at radius 3 is 2.29 bits per heavy atom. The number of urea groups is 1. The molecular weight excluding hydrogens is 266 g/mol. The van der Waals surface area contributed by atoms with Gasteiger partial charge in [0.15, 0.2) is 0 Å². The van der Waals surface area contributed by atoms with Gasteiger partial charge in [-0.25, -0.2) is 4.79 Å². The minimum atomic E-state index is -0.180. The summed E-state index contributed by atoms with van der Waals surface area (Å²) in [4.78, 5) is 23.2. The second-order valence-electron chi connectivity index (χ2n) is 5.51. The summed E-state index contributed by atoms with van der Waals surface area (Å²) in [6.07, 6.45) is 4.00. The molecule has 1 saturated carbocycles. The predicted octanol–water partition coefficient (Wildman–Crippen LogP) is 1.93. The Morgan fingerprint density at radius 1 is 1.05 bits per heavy atom. The van der Waals surface area contributed by atoms with E-state index in [0.717, 1.165) is 31.2 Å². The van der Waals surface area contributed by atoms with E-state index in [2.05, 4.69) is 16.0 Å². The molecule has 0 aliphatic heterocycles. The first-order chi connectivity index (χ1) is 10.1. The van der Waals surface area contributed by atoms with Gasteiger partial charge >= 0.3 is 6.03 Å². The molecule has 5 nitrogen and oxygen atoms in total. The summed E-state index contributed by atoms with van der Waals surface area (Å²) >= 11 is 0. The summed E-state index contributed by atoms with van der Waals surface area (Å²) in [6.45, 7) is 2.02. The average molecular weight is 289 g/mol. The molecule has 3 N–H and O–H groups in total. The quantitative estimate of drug-likeness (QED) is 0.792. The standard InChI is InChI=1S/C16H23N3O2/c1-12(20)18-14-9-5-6-10-15(14)19-16(21)17-11-13-7-3-2-4-8-13/h2-4,7-8,14-15H,5-6,9-11H2,1H3,(H,18,20)(H2,17,19,21). The van der Waals surface area contributed by atoms with Crippen molar-refractivity contribution in [2.75, 3.05) is 0 Å². The molecule has 0 spiro atoms. The Hall–Kier alpha value is -2.04. The molecule has 3 amide bonds. The molecular formula is C16H23N3O2. The van der Waals surface area contributed by atoms with Gasteiger partial charge in [0.05, 0.1) is 6.04 Å². The summed E-state index contributed by atoms with van der Waals surface area (Å²) in [5.74, 6) is -0.0432. The fraction of sp³-hybridized carbons (Fsp3) is 0.500. The van der Waals surface area contributed by atoms with Crippen molar-refractivity contribution >= 4 is 11.9 Å². The number of benzene rings is 1. The van der Waals surface area contributed by atoms with E-state index >= 15 is 0 Å². The number of nitrogens with one attached hydrogen (secondary N) is 3.